The lowest BCUT2D eigenvalue weighted by atomic mass is 10.2. The number of nitrogens with zero attached hydrogens (tertiary/aromatic N) is 2. The number of aliphatic hydroxyl groups excluding tert-OH is 1. The van der Waals surface area contributed by atoms with E-state index in [0.29, 0.717) is 0 Å². The molecule has 1 aliphatic rings. The van der Waals surface area contributed by atoms with Crippen molar-refractivity contribution in [2.75, 3.05) is 18.4 Å². The second-order valence-corrected chi connectivity index (χ2v) is 4.78. The number of hydrogen-bond donors (Lipinski definition) is 3. The van der Waals surface area contributed by atoms with E-state index in [1.807, 2.05) is 0 Å². The topological polar surface area (TPSA) is 116 Å². The maximum atomic E-state index is 13.0. The molecule has 21 heavy (non-hydrogen) atoms. The molecule has 2 atom stereocenters. The minimum absolute atomic E-state index is 0.00713. The first kappa shape index (κ1) is 15.0. The lowest BCUT2D eigenvalue weighted by molar-refractivity contribution is -0.384. The predicted octanol–water partition coefficient (Wildman–Crippen LogP) is 1.26. The Morgan fingerprint density at radius 2 is 2.29 bits per heavy atom. The molecule has 0 radical (unpaired) electrons. The maximum absolute atomic E-state index is 13.0. The van der Waals surface area contributed by atoms with Crippen molar-refractivity contribution >= 4 is 17.5 Å². The van der Waals surface area contributed by atoms with Crippen molar-refractivity contribution < 1.29 is 24.3 Å². The molecule has 0 spiro atoms. The Morgan fingerprint density at radius 3 is 2.90 bits per heavy atom. The van der Waals surface area contributed by atoms with Crippen LogP contribution in [0.15, 0.2) is 18.2 Å². The lowest BCUT2D eigenvalue weighted by Gasteiger charge is -2.21. The van der Waals surface area contributed by atoms with Gasteiger partial charge in [0.2, 0.25) is 0 Å². The summed E-state index contributed by atoms with van der Waals surface area (Å²) in [7, 11) is 0. The largest absolute Gasteiger partial charge is 0.465 e. The molecular weight excluding hydrogens is 285 g/mol. The number of likely N-dealkylation sites (tertiary alicyclic amines) is 1. The normalized spacial score (nSPS) is 21.3. The molecule has 1 aromatic rings. The number of nitro benzene ring substituents is 1. The van der Waals surface area contributed by atoms with Crippen LogP contribution < -0.4 is 5.32 Å². The second kappa shape index (κ2) is 5.92. The van der Waals surface area contributed by atoms with E-state index in [9.17, 15) is 24.4 Å². The summed E-state index contributed by atoms with van der Waals surface area (Å²) >= 11 is 0. The van der Waals surface area contributed by atoms with E-state index in [2.05, 4.69) is 5.32 Å². The van der Waals surface area contributed by atoms with Crippen LogP contribution in [0, 0.1) is 15.9 Å². The molecule has 8 nitrogen and oxygen atoms in total. The maximum Gasteiger partial charge on any atom is 0.407 e. The zero-order valence-electron chi connectivity index (χ0n) is 10.9. The van der Waals surface area contributed by atoms with Gasteiger partial charge in [-0.15, -0.1) is 0 Å². The first-order valence-corrected chi connectivity index (χ1v) is 6.24. The molecule has 0 saturated carbocycles. The van der Waals surface area contributed by atoms with Gasteiger partial charge in [0.05, 0.1) is 29.7 Å². The number of β-amino-alcohol motifs (C(OH)–C–C–N with tert-alkyl or cyclic N) is 1. The van der Waals surface area contributed by atoms with Crippen LogP contribution in [0.4, 0.5) is 20.6 Å². The quantitative estimate of drug-likeness (QED) is 0.569. The number of anilines is 1. The molecule has 9 heteroatoms. The number of halogens is 1. The van der Waals surface area contributed by atoms with Gasteiger partial charge in [-0.2, -0.15) is 0 Å². The minimum Gasteiger partial charge on any atom is -0.465 e. The summed E-state index contributed by atoms with van der Waals surface area (Å²) in [4.78, 5) is 22.2. The average molecular weight is 299 g/mol. The number of aliphatic hydroxyl groups is 1. The summed E-state index contributed by atoms with van der Waals surface area (Å²) < 4.78 is 13.0. The van der Waals surface area contributed by atoms with Gasteiger partial charge in [0.1, 0.15) is 11.5 Å². The predicted molar refractivity (Wildman–Crippen MR) is 70.7 cm³/mol. The van der Waals surface area contributed by atoms with Crippen LogP contribution >= 0.6 is 0 Å². The molecule has 0 aromatic heterocycles. The summed E-state index contributed by atoms with van der Waals surface area (Å²) in [5, 5.41) is 32.1. The van der Waals surface area contributed by atoms with Crippen molar-refractivity contribution in [1.82, 2.24) is 4.90 Å². The first-order valence-electron chi connectivity index (χ1n) is 6.24. The third-order valence-electron chi connectivity index (χ3n) is 3.32. The van der Waals surface area contributed by atoms with Crippen molar-refractivity contribution in [2.45, 2.75) is 18.6 Å². The van der Waals surface area contributed by atoms with Gasteiger partial charge in [0.25, 0.3) is 5.69 Å². The number of carbonyl (C=O) groups is 1. The molecule has 0 bridgehead atoms. The summed E-state index contributed by atoms with van der Waals surface area (Å²) in [5.74, 6) is -0.726. The van der Waals surface area contributed by atoms with Gasteiger partial charge < -0.3 is 20.4 Å². The highest BCUT2D eigenvalue weighted by Crippen LogP contribution is 2.26. The Bertz CT molecular complexity index is 568. The van der Waals surface area contributed by atoms with Crippen LogP contribution in [-0.4, -0.2) is 51.4 Å². The number of benzene rings is 1. The molecule has 1 saturated heterocycles. The molecule has 1 heterocycles. The number of rotatable bonds is 4. The molecule has 1 aromatic carbocycles. The van der Waals surface area contributed by atoms with E-state index in [0.717, 1.165) is 17.0 Å². The van der Waals surface area contributed by atoms with E-state index in [-0.39, 0.29) is 25.2 Å². The van der Waals surface area contributed by atoms with Crippen molar-refractivity contribution in [3.8, 4) is 0 Å². The summed E-state index contributed by atoms with van der Waals surface area (Å²) in [5.41, 5.74) is -0.316. The number of nitro groups is 1. The highest BCUT2D eigenvalue weighted by atomic mass is 19.1. The van der Waals surface area contributed by atoms with Crippen LogP contribution in [-0.2, 0) is 0 Å². The molecule has 1 fully saturated rings. The number of amides is 1. The zero-order chi connectivity index (χ0) is 15.6. The van der Waals surface area contributed by atoms with Crippen LogP contribution in [0.1, 0.15) is 6.42 Å². The Labute approximate surface area is 118 Å². The zero-order valence-corrected chi connectivity index (χ0v) is 10.9. The van der Waals surface area contributed by atoms with Crippen LogP contribution in [0.25, 0.3) is 0 Å². The van der Waals surface area contributed by atoms with E-state index in [1.165, 1.54) is 6.07 Å². The Balaban J connectivity index is 2.09. The van der Waals surface area contributed by atoms with Crippen molar-refractivity contribution in [3.63, 3.8) is 0 Å². The fourth-order valence-corrected chi connectivity index (χ4v) is 2.35. The van der Waals surface area contributed by atoms with Gasteiger partial charge in [-0.25, -0.2) is 9.18 Å². The van der Waals surface area contributed by atoms with Crippen LogP contribution in [0.3, 0.4) is 0 Å². The standard InChI is InChI=1S/C12H14FN3O5/c13-7-1-2-10(11(3-7)16(20)21)14-5-8-4-9(17)6-15(8)12(18)19/h1-3,8-9,14,17H,4-6H2,(H,18,19)/t8-,9?/m0/s1. The molecule has 1 aliphatic heterocycles. The number of carboxylic acid groups (broad SMARTS) is 1. The third kappa shape index (κ3) is 3.37. The van der Waals surface area contributed by atoms with E-state index >= 15 is 0 Å². The molecule has 3 N–H and O–H groups in total. The van der Waals surface area contributed by atoms with E-state index < -0.39 is 34.7 Å². The van der Waals surface area contributed by atoms with Gasteiger partial charge in [-0.05, 0) is 18.6 Å². The molecule has 1 unspecified atom stereocenters. The molecule has 2 rings (SSSR count). The molecule has 0 aliphatic carbocycles. The lowest BCUT2D eigenvalue weighted by Crippen LogP contribution is -2.38. The van der Waals surface area contributed by atoms with Gasteiger partial charge in [-0.1, -0.05) is 0 Å². The van der Waals surface area contributed by atoms with Crippen LogP contribution in [0.5, 0.6) is 0 Å². The van der Waals surface area contributed by atoms with Crippen molar-refractivity contribution in [3.05, 3.63) is 34.1 Å². The third-order valence-corrected chi connectivity index (χ3v) is 3.32. The molecular formula is C12H14FN3O5. The van der Waals surface area contributed by atoms with Gasteiger partial charge in [0.15, 0.2) is 0 Å². The van der Waals surface area contributed by atoms with Gasteiger partial charge >= 0.3 is 6.09 Å². The Morgan fingerprint density at radius 1 is 1.57 bits per heavy atom. The van der Waals surface area contributed by atoms with E-state index in [1.54, 1.807) is 0 Å². The Hall–Kier alpha value is -2.42. The molecule has 1 amide bonds. The van der Waals surface area contributed by atoms with Crippen molar-refractivity contribution in [1.29, 1.82) is 0 Å². The van der Waals surface area contributed by atoms with Crippen LogP contribution in [0.2, 0.25) is 0 Å². The monoisotopic (exact) mass is 299 g/mol. The minimum atomic E-state index is -1.16. The summed E-state index contributed by atoms with van der Waals surface area (Å²) in [6.45, 7) is 0.100. The summed E-state index contributed by atoms with van der Waals surface area (Å²) in [6.07, 6.45) is -1.67. The first-order chi connectivity index (χ1) is 9.88. The fraction of sp³-hybridized carbons (Fsp3) is 0.417. The average Bonchev–Trinajstić information content (AvgIpc) is 2.78. The highest BCUT2D eigenvalue weighted by Gasteiger charge is 2.34. The SMILES string of the molecule is O=C(O)N1CC(O)C[C@H]1CNc1ccc(F)cc1[N+](=O)[O-]. The second-order valence-electron chi connectivity index (χ2n) is 4.78. The highest BCUT2D eigenvalue weighted by molar-refractivity contribution is 5.66. The Kier molecular flexibility index (Phi) is 4.22. The molecule has 114 valence electrons. The fourth-order valence-electron chi connectivity index (χ4n) is 2.35. The van der Waals surface area contributed by atoms with E-state index in [4.69, 9.17) is 5.11 Å². The summed E-state index contributed by atoms with van der Waals surface area (Å²) in [6, 6.07) is 2.60. The van der Waals surface area contributed by atoms with Crippen molar-refractivity contribution in [2.24, 2.45) is 0 Å². The smallest absolute Gasteiger partial charge is 0.407 e. The van der Waals surface area contributed by atoms with Gasteiger partial charge in [-0.3, -0.25) is 10.1 Å². The number of hydrogen-bond acceptors (Lipinski definition) is 5. The number of nitrogens with one attached hydrogen (secondary N) is 1. The van der Waals surface area contributed by atoms with Gasteiger partial charge in [0, 0.05) is 6.54 Å².